The molecule has 6 nitrogen and oxygen atoms in total. The predicted molar refractivity (Wildman–Crippen MR) is 129 cm³/mol. The van der Waals surface area contributed by atoms with Crippen LogP contribution in [0.1, 0.15) is 0 Å². The number of pyridine rings is 1. The highest BCUT2D eigenvalue weighted by Gasteiger charge is 2.18. The molecule has 0 spiro atoms. The summed E-state index contributed by atoms with van der Waals surface area (Å²) in [6, 6.07) is 33.4. The molecule has 6 heteroatoms. The first-order valence-corrected chi connectivity index (χ1v) is 10.6. The molecule has 2 heterocycles. The monoisotopic (exact) mass is 431 g/mol. The Labute approximate surface area is 191 Å². The van der Waals surface area contributed by atoms with E-state index in [1.54, 1.807) is 16.9 Å². The number of amides is 1. The molecule has 0 aliphatic carbocycles. The summed E-state index contributed by atoms with van der Waals surface area (Å²) < 4.78 is 1.63. The minimum absolute atomic E-state index is 0.0200. The van der Waals surface area contributed by atoms with Gasteiger partial charge in [0.15, 0.2) is 0 Å². The smallest absolute Gasteiger partial charge is 0.247 e. The van der Waals surface area contributed by atoms with Crippen LogP contribution in [-0.2, 0) is 11.3 Å². The van der Waals surface area contributed by atoms with E-state index in [1.807, 2.05) is 97.1 Å². The molecular weight excluding hydrogens is 410 g/mol. The van der Waals surface area contributed by atoms with Gasteiger partial charge in [0.25, 0.3) is 0 Å². The Bertz CT molecular complexity index is 1350. The summed E-state index contributed by atoms with van der Waals surface area (Å²) >= 11 is 0. The lowest BCUT2D eigenvalue weighted by Gasteiger charge is -2.09. The molecule has 33 heavy (non-hydrogen) atoms. The van der Waals surface area contributed by atoms with Crippen molar-refractivity contribution in [1.29, 1.82) is 0 Å². The van der Waals surface area contributed by atoms with E-state index in [4.69, 9.17) is 0 Å². The third-order valence-corrected chi connectivity index (χ3v) is 5.26. The summed E-state index contributed by atoms with van der Waals surface area (Å²) in [5.41, 5.74) is 5.49. The molecule has 0 atom stereocenters. The second kappa shape index (κ2) is 9.28. The van der Waals surface area contributed by atoms with Gasteiger partial charge in [-0.05, 0) is 17.7 Å². The predicted octanol–water partition coefficient (Wildman–Crippen LogP) is 5.31. The second-order valence-electron chi connectivity index (χ2n) is 7.52. The Hall–Kier alpha value is -4.58. The van der Waals surface area contributed by atoms with E-state index in [2.05, 4.69) is 20.6 Å². The van der Waals surface area contributed by atoms with Crippen molar-refractivity contribution in [3.8, 4) is 33.6 Å². The Morgan fingerprint density at radius 3 is 1.91 bits per heavy atom. The summed E-state index contributed by atoms with van der Waals surface area (Å²) in [7, 11) is 0. The normalized spacial score (nSPS) is 10.7. The van der Waals surface area contributed by atoms with Crippen LogP contribution in [0, 0.1) is 0 Å². The van der Waals surface area contributed by atoms with E-state index in [9.17, 15) is 4.79 Å². The number of hydrogen-bond acceptors (Lipinski definition) is 4. The van der Waals surface area contributed by atoms with Crippen LogP contribution in [0.25, 0.3) is 33.6 Å². The first kappa shape index (κ1) is 20.3. The van der Waals surface area contributed by atoms with E-state index in [0.29, 0.717) is 5.82 Å². The number of benzene rings is 3. The maximum absolute atomic E-state index is 12.8. The number of rotatable bonds is 6. The van der Waals surface area contributed by atoms with Crippen LogP contribution in [0.15, 0.2) is 109 Å². The number of carbonyl (C=O) groups is 1. The van der Waals surface area contributed by atoms with Crippen molar-refractivity contribution >= 4 is 11.7 Å². The van der Waals surface area contributed by atoms with Crippen LogP contribution in [-0.4, -0.2) is 25.9 Å². The molecule has 0 radical (unpaired) electrons. The number of hydrogen-bond donors (Lipinski definition) is 1. The van der Waals surface area contributed by atoms with Gasteiger partial charge in [0.1, 0.15) is 18.1 Å². The minimum Gasteiger partial charge on any atom is -0.309 e. The Morgan fingerprint density at radius 2 is 1.30 bits per heavy atom. The molecule has 1 N–H and O–H groups in total. The third kappa shape index (κ3) is 4.55. The van der Waals surface area contributed by atoms with Gasteiger partial charge in [0.05, 0.1) is 5.69 Å². The van der Waals surface area contributed by atoms with Gasteiger partial charge in [-0.1, -0.05) is 96.2 Å². The van der Waals surface area contributed by atoms with Gasteiger partial charge in [-0.25, -0.2) is 9.67 Å². The molecule has 2 aromatic heterocycles. The van der Waals surface area contributed by atoms with Crippen LogP contribution in [0.3, 0.4) is 0 Å². The van der Waals surface area contributed by atoms with Crippen LogP contribution >= 0.6 is 0 Å². The molecule has 160 valence electrons. The SMILES string of the molecule is O=C(Cn1nnc(-c2ccccc2)c1-c1ccccc1)Nc1ccc(-c2ccccc2)cn1. The summed E-state index contributed by atoms with van der Waals surface area (Å²) in [4.78, 5) is 17.2. The second-order valence-corrected chi connectivity index (χ2v) is 7.52. The van der Waals surface area contributed by atoms with Crippen LogP contribution in [0.4, 0.5) is 5.82 Å². The first-order valence-electron chi connectivity index (χ1n) is 10.6. The summed E-state index contributed by atoms with van der Waals surface area (Å²) in [6.07, 6.45) is 1.75. The fourth-order valence-electron chi connectivity index (χ4n) is 3.68. The van der Waals surface area contributed by atoms with E-state index in [1.165, 1.54) is 0 Å². The van der Waals surface area contributed by atoms with Gasteiger partial charge >= 0.3 is 0 Å². The summed E-state index contributed by atoms with van der Waals surface area (Å²) in [5, 5.41) is 11.5. The molecular formula is C27H21N5O. The molecule has 0 saturated heterocycles. The van der Waals surface area contributed by atoms with E-state index >= 15 is 0 Å². The lowest BCUT2D eigenvalue weighted by Crippen LogP contribution is -2.20. The van der Waals surface area contributed by atoms with Crippen molar-refractivity contribution in [3.63, 3.8) is 0 Å². The number of nitrogens with zero attached hydrogens (tertiary/aromatic N) is 4. The lowest BCUT2D eigenvalue weighted by atomic mass is 10.0. The molecule has 0 unspecified atom stereocenters. The van der Waals surface area contributed by atoms with Gasteiger partial charge in [-0.3, -0.25) is 4.79 Å². The third-order valence-electron chi connectivity index (χ3n) is 5.26. The zero-order chi connectivity index (χ0) is 22.5. The number of nitrogens with one attached hydrogen (secondary N) is 1. The zero-order valence-electron chi connectivity index (χ0n) is 17.8. The summed E-state index contributed by atoms with van der Waals surface area (Å²) in [6.45, 7) is 0.0200. The quantitative estimate of drug-likeness (QED) is 0.395. The maximum atomic E-state index is 12.8. The minimum atomic E-state index is -0.225. The average molecular weight is 431 g/mol. The van der Waals surface area contributed by atoms with Crippen molar-refractivity contribution in [2.45, 2.75) is 6.54 Å². The van der Waals surface area contributed by atoms with Gasteiger partial charge in [0.2, 0.25) is 5.91 Å². The summed E-state index contributed by atoms with van der Waals surface area (Å²) in [5.74, 6) is 0.265. The van der Waals surface area contributed by atoms with Gasteiger partial charge in [0, 0.05) is 22.9 Å². The van der Waals surface area contributed by atoms with Gasteiger partial charge < -0.3 is 5.32 Å². The number of anilines is 1. The topological polar surface area (TPSA) is 72.7 Å². The molecule has 3 aromatic carbocycles. The lowest BCUT2D eigenvalue weighted by molar-refractivity contribution is -0.116. The zero-order valence-corrected chi connectivity index (χ0v) is 17.8. The van der Waals surface area contributed by atoms with E-state index < -0.39 is 0 Å². The Kier molecular flexibility index (Phi) is 5.72. The molecule has 0 bridgehead atoms. The standard InChI is InChI=1S/C27H21N5O/c33-25(29-24-17-16-23(18-28-24)20-10-4-1-5-11-20)19-32-27(22-14-8-3-9-15-22)26(30-31-32)21-12-6-2-7-13-21/h1-18H,19H2,(H,28,29,33). The highest BCUT2D eigenvalue weighted by Crippen LogP contribution is 2.30. The fourth-order valence-corrected chi connectivity index (χ4v) is 3.68. The average Bonchev–Trinajstić information content (AvgIpc) is 3.29. The highest BCUT2D eigenvalue weighted by molar-refractivity contribution is 5.90. The first-order chi connectivity index (χ1) is 16.3. The highest BCUT2D eigenvalue weighted by atomic mass is 16.2. The molecule has 5 aromatic rings. The molecule has 5 rings (SSSR count). The molecule has 1 amide bonds. The van der Waals surface area contributed by atoms with Crippen molar-refractivity contribution < 1.29 is 4.79 Å². The van der Waals surface area contributed by atoms with Gasteiger partial charge in [-0.15, -0.1) is 5.10 Å². The molecule has 0 saturated carbocycles. The van der Waals surface area contributed by atoms with Crippen LogP contribution < -0.4 is 5.32 Å². The van der Waals surface area contributed by atoms with Crippen LogP contribution in [0.5, 0.6) is 0 Å². The van der Waals surface area contributed by atoms with Gasteiger partial charge in [-0.2, -0.15) is 0 Å². The molecule has 0 aliphatic rings. The van der Waals surface area contributed by atoms with E-state index in [-0.39, 0.29) is 12.5 Å². The fraction of sp³-hybridized carbons (Fsp3) is 0.0370. The molecule has 0 fully saturated rings. The van der Waals surface area contributed by atoms with Crippen molar-refractivity contribution in [3.05, 3.63) is 109 Å². The van der Waals surface area contributed by atoms with Crippen LogP contribution in [0.2, 0.25) is 0 Å². The number of aromatic nitrogens is 4. The van der Waals surface area contributed by atoms with Crippen molar-refractivity contribution in [2.75, 3.05) is 5.32 Å². The van der Waals surface area contributed by atoms with E-state index in [0.717, 1.165) is 33.6 Å². The molecule has 0 aliphatic heterocycles. The maximum Gasteiger partial charge on any atom is 0.247 e. The Balaban J connectivity index is 1.38. The van der Waals surface area contributed by atoms with Crippen molar-refractivity contribution in [2.24, 2.45) is 0 Å². The van der Waals surface area contributed by atoms with Crippen molar-refractivity contribution in [1.82, 2.24) is 20.0 Å². The Morgan fingerprint density at radius 1 is 0.697 bits per heavy atom. The largest absolute Gasteiger partial charge is 0.309 e. The number of carbonyl (C=O) groups excluding carboxylic acids is 1.